The van der Waals surface area contributed by atoms with Crippen LogP contribution < -0.4 is 5.32 Å². The van der Waals surface area contributed by atoms with E-state index < -0.39 is 18.1 Å². The number of rotatable bonds is 3. The van der Waals surface area contributed by atoms with Gasteiger partial charge in [-0.05, 0) is 5.56 Å². The molecule has 0 amide bonds. The molecule has 1 unspecified atom stereocenters. The van der Waals surface area contributed by atoms with E-state index in [0.29, 0.717) is 13.2 Å². The van der Waals surface area contributed by atoms with Gasteiger partial charge in [0, 0.05) is 6.54 Å². The molecule has 2 rings (SSSR count). The predicted octanol–water partition coefficient (Wildman–Crippen LogP) is 0.801. The average molecular weight is 207 g/mol. The molecular weight excluding hydrogens is 194 g/mol. The van der Waals surface area contributed by atoms with Crippen LogP contribution in [-0.4, -0.2) is 30.5 Å². The highest BCUT2D eigenvalue weighted by Crippen LogP contribution is 2.22. The first-order valence-electron chi connectivity index (χ1n) is 4.92. The Morgan fingerprint density at radius 1 is 1.47 bits per heavy atom. The van der Waals surface area contributed by atoms with E-state index in [1.807, 2.05) is 30.3 Å². The summed E-state index contributed by atoms with van der Waals surface area (Å²) < 4.78 is 5.34. The SMILES string of the molecule is O=C(O)[C@@H](c1ccccc1)C1NCCO1. The van der Waals surface area contributed by atoms with Crippen LogP contribution in [0.2, 0.25) is 0 Å². The lowest BCUT2D eigenvalue weighted by Gasteiger charge is -2.19. The van der Waals surface area contributed by atoms with Crippen molar-refractivity contribution >= 4 is 5.97 Å². The number of aliphatic carboxylic acids is 1. The Balaban J connectivity index is 2.23. The van der Waals surface area contributed by atoms with Gasteiger partial charge in [0.15, 0.2) is 0 Å². The first kappa shape index (κ1) is 10.1. The molecule has 2 atom stereocenters. The van der Waals surface area contributed by atoms with E-state index in [9.17, 15) is 4.79 Å². The van der Waals surface area contributed by atoms with Crippen molar-refractivity contribution in [2.75, 3.05) is 13.2 Å². The van der Waals surface area contributed by atoms with Gasteiger partial charge in [-0.25, -0.2) is 0 Å². The summed E-state index contributed by atoms with van der Waals surface area (Å²) in [5.74, 6) is -1.49. The summed E-state index contributed by atoms with van der Waals surface area (Å²) in [6.45, 7) is 1.28. The molecule has 15 heavy (non-hydrogen) atoms. The van der Waals surface area contributed by atoms with Crippen LogP contribution in [0.1, 0.15) is 11.5 Å². The molecular formula is C11H13NO3. The van der Waals surface area contributed by atoms with E-state index in [0.717, 1.165) is 5.56 Å². The Bertz CT molecular complexity index is 333. The third-order valence-electron chi connectivity index (χ3n) is 2.47. The molecule has 1 heterocycles. The number of benzene rings is 1. The van der Waals surface area contributed by atoms with E-state index in [-0.39, 0.29) is 0 Å². The third kappa shape index (κ3) is 2.16. The molecule has 4 heteroatoms. The number of hydrogen-bond donors (Lipinski definition) is 2. The van der Waals surface area contributed by atoms with Gasteiger partial charge >= 0.3 is 5.97 Å². The molecule has 0 saturated carbocycles. The van der Waals surface area contributed by atoms with Crippen molar-refractivity contribution in [3.05, 3.63) is 35.9 Å². The zero-order chi connectivity index (χ0) is 10.7. The van der Waals surface area contributed by atoms with E-state index in [1.54, 1.807) is 0 Å². The van der Waals surface area contributed by atoms with Crippen molar-refractivity contribution < 1.29 is 14.6 Å². The highest BCUT2D eigenvalue weighted by molar-refractivity contribution is 5.76. The monoisotopic (exact) mass is 207 g/mol. The fourth-order valence-electron chi connectivity index (χ4n) is 1.77. The van der Waals surface area contributed by atoms with Crippen LogP contribution in [0.15, 0.2) is 30.3 Å². The Morgan fingerprint density at radius 3 is 2.73 bits per heavy atom. The molecule has 1 aromatic carbocycles. The maximum Gasteiger partial charge on any atom is 0.315 e. The number of carboxylic acids is 1. The molecule has 4 nitrogen and oxygen atoms in total. The summed E-state index contributed by atoms with van der Waals surface area (Å²) in [6.07, 6.45) is -0.412. The van der Waals surface area contributed by atoms with E-state index in [4.69, 9.17) is 9.84 Å². The second kappa shape index (κ2) is 4.42. The van der Waals surface area contributed by atoms with Crippen molar-refractivity contribution in [3.8, 4) is 0 Å². The van der Waals surface area contributed by atoms with Crippen molar-refractivity contribution in [1.29, 1.82) is 0 Å². The zero-order valence-electron chi connectivity index (χ0n) is 8.22. The number of carboxylic acid groups (broad SMARTS) is 1. The Kier molecular flexibility index (Phi) is 2.99. The van der Waals surface area contributed by atoms with Crippen LogP contribution in [0, 0.1) is 0 Å². The van der Waals surface area contributed by atoms with Crippen LogP contribution >= 0.6 is 0 Å². The van der Waals surface area contributed by atoms with Gasteiger partial charge in [-0.1, -0.05) is 30.3 Å². The highest BCUT2D eigenvalue weighted by Gasteiger charge is 2.32. The van der Waals surface area contributed by atoms with Gasteiger partial charge in [-0.15, -0.1) is 0 Å². The van der Waals surface area contributed by atoms with Gasteiger partial charge in [0.25, 0.3) is 0 Å². The molecule has 1 saturated heterocycles. The van der Waals surface area contributed by atoms with Gasteiger partial charge in [0.1, 0.15) is 12.1 Å². The molecule has 0 aliphatic carbocycles. The minimum absolute atomic E-state index is 0.412. The Morgan fingerprint density at radius 2 is 2.20 bits per heavy atom. The fourth-order valence-corrected chi connectivity index (χ4v) is 1.77. The van der Waals surface area contributed by atoms with Crippen LogP contribution in [0.5, 0.6) is 0 Å². The maximum atomic E-state index is 11.2. The quantitative estimate of drug-likeness (QED) is 0.769. The van der Waals surface area contributed by atoms with Crippen LogP contribution in [0.25, 0.3) is 0 Å². The lowest BCUT2D eigenvalue weighted by atomic mass is 9.98. The zero-order valence-corrected chi connectivity index (χ0v) is 8.22. The smallest absolute Gasteiger partial charge is 0.315 e. The van der Waals surface area contributed by atoms with Gasteiger partial charge < -0.3 is 9.84 Å². The summed E-state index contributed by atoms with van der Waals surface area (Å²) in [7, 11) is 0. The predicted molar refractivity (Wildman–Crippen MR) is 54.6 cm³/mol. The average Bonchev–Trinajstić information content (AvgIpc) is 2.72. The first-order valence-corrected chi connectivity index (χ1v) is 4.92. The van der Waals surface area contributed by atoms with Gasteiger partial charge in [0.05, 0.1) is 6.61 Å². The summed E-state index contributed by atoms with van der Waals surface area (Å²) in [6, 6.07) is 9.15. The topological polar surface area (TPSA) is 58.6 Å². The van der Waals surface area contributed by atoms with Crippen molar-refractivity contribution in [2.45, 2.75) is 12.1 Å². The Labute approximate surface area is 87.9 Å². The fraction of sp³-hybridized carbons (Fsp3) is 0.364. The molecule has 0 spiro atoms. The lowest BCUT2D eigenvalue weighted by molar-refractivity contribution is -0.142. The van der Waals surface area contributed by atoms with E-state index in [2.05, 4.69) is 5.32 Å². The summed E-state index contributed by atoms with van der Waals surface area (Å²) in [5, 5.41) is 12.2. The molecule has 1 aliphatic heterocycles. The molecule has 80 valence electrons. The van der Waals surface area contributed by atoms with Crippen molar-refractivity contribution in [3.63, 3.8) is 0 Å². The van der Waals surface area contributed by atoms with E-state index in [1.165, 1.54) is 0 Å². The van der Waals surface area contributed by atoms with Crippen LogP contribution in [-0.2, 0) is 9.53 Å². The molecule has 2 N–H and O–H groups in total. The molecule has 0 radical (unpaired) electrons. The molecule has 0 bridgehead atoms. The summed E-state index contributed by atoms with van der Waals surface area (Å²) in [4.78, 5) is 11.2. The summed E-state index contributed by atoms with van der Waals surface area (Å²) in [5.41, 5.74) is 0.768. The second-order valence-electron chi connectivity index (χ2n) is 3.47. The largest absolute Gasteiger partial charge is 0.481 e. The van der Waals surface area contributed by atoms with E-state index >= 15 is 0 Å². The molecule has 1 aromatic rings. The van der Waals surface area contributed by atoms with Crippen molar-refractivity contribution in [1.82, 2.24) is 5.32 Å². The first-order chi connectivity index (χ1) is 7.29. The number of carbonyl (C=O) groups is 1. The summed E-state index contributed by atoms with van der Waals surface area (Å²) >= 11 is 0. The van der Waals surface area contributed by atoms with Crippen LogP contribution in [0.3, 0.4) is 0 Å². The molecule has 1 aliphatic rings. The minimum atomic E-state index is -0.861. The highest BCUT2D eigenvalue weighted by atomic mass is 16.5. The lowest BCUT2D eigenvalue weighted by Crippen LogP contribution is -2.34. The third-order valence-corrected chi connectivity index (χ3v) is 2.47. The van der Waals surface area contributed by atoms with Gasteiger partial charge in [-0.3, -0.25) is 10.1 Å². The number of hydrogen-bond acceptors (Lipinski definition) is 3. The van der Waals surface area contributed by atoms with Crippen molar-refractivity contribution in [2.24, 2.45) is 0 Å². The number of nitrogens with one attached hydrogen (secondary N) is 1. The van der Waals surface area contributed by atoms with Crippen LogP contribution in [0.4, 0.5) is 0 Å². The second-order valence-corrected chi connectivity index (χ2v) is 3.47. The Hall–Kier alpha value is -1.39. The van der Waals surface area contributed by atoms with Gasteiger partial charge in [0.2, 0.25) is 0 Å². The van der Waals surface area contributed by atoms with Gasteiger partial charge in [-0.2, -0.15) is 0 Å². The standard InChI is InChI=1S/C11H13NO3/c13-11(14)9(10-12-6-7-15-10)8-4-2-1-3-5-8/h1-5,9-10,12H,6-7H2,(H,13,14)/t9-,10?/m0/s1. The molecule has 0 aromatic heterocycles. The normalized spacial score (nSPS) is 22.5. The minimum Gasteiger partial charge on any atom is -0.481 e. The number of ether oxygens (including phenoxy) is 1. The maximum absolute atomic E-state index is 11.2. The molecule has 1 fully saturated rings.